The van der Waals surface area contributed by atoms with Gasteiger partial charge >= 0.3 is 0 Å². The summed E-state index contributed by atoms with van der Waals surface area (Å²) in [7, 11) is 0. The quantitative estimate of drug-likeness (QED) is 0.794. The second-order valence-electron chi connectivity index (χ2n) is 5.29. The van der Waals surface area contributed by atoms with Gasteiger partial charge in [-0.25, -0.2) is 9.97 Å². The van der Waals surface area contributed by atoms with Gasteiger partial charge in [0.1, 0.15) is 24.0 Å². The van der Waals surface area contributed by atoms with Crippen molar-refractivity contribution in [3.63, 3.8) is 0 Å². The molecule has 1 aliphatic rings. The third-order valence-corrected chi connectivity index (χ3v) is 3.70. The highest BCUT2D eigenvalue weighted by atomic mass is 16.5. The smallest absolute Gasteiger partial charge is 0.160 e. The number of nitrogens with one attached hydrogen (secondary N) is 1. The van der Waals surface area contributed by atoms with Gasteiger partial charge in [0, 0.05) is 0 Å². The van der Waals surface area contributed by atoms with E-state index in [2.05, 4.69) is 44.1 Å². The van der Waals surface area contributed by atoms with Gasteiger partial charge in [-0.15, -0.1) is 0 Å². The van der Waals surface area contributed by atoms with Crippen molar-refractivity contribution in [1.82, 2.24) is 20.2 Å². The predicted molar refractivity (Wildman–Crippen MR) is 79.5 cm³/mol. The Kier molecular flexibility index (Phi) is 2.73. The Hall–Kier alpha value is -2.63. The van der Waals surface area contributed by atoms with Crippen molar-refractivity contribution >= 4 is 16.9 Å². The molecule has 106 valence electrons. The van der Waals surface area contributed by atoms with Crippen LogP contribution in [0.2, 0.25) is 0 Å². The van der Waals surface area contributed by atoms with E-state index in [0.717, 1.165) is 35.7 Å². The van der Waals surface area contributed by atoms with Gasteiger partial charge in [0.25, 0.3) is 0 Å². The van der Waals surface area contributed by atoms with Gasteiger partial charge in [-0.3, -0.25) is 5.10 Å². The Bertz CT molecular complexity index is 761. The van der Waals surface area contributed by atoms with E-state index in [-0.39, 0.29) is 6.10 Å². The van der Waals surface area contributed by atoms with Crippen LogP contribution in [0.3, 0.4) is 0 Å². The van der Waals surface area contributed by atoms with Gasteiger partial charge < -0.3 is 9.64 Å². The lowest BCUT2D eigenvalue weighted by Gasteiger charge is -2.39. The lowest BCUT2D eigenvalue weighted by atomic mass is 10.1. The van der Waals surface area contributed by atoms with Crippen LogP contribution < -0.4 is 9.64 Å². The van der Waals surface area contributed by atoms with Crippen molar-refractivity contribution in [1.29, 1.82) is 0 Å². The van der Waals surface area contributed by atoms with Crippen molar-refractivity contribution in [2.75, 3.05) is 18.0 Å². The second-order valence-corrected chi connectivity index (χ2v) is 5.29. The average molecular weight is 281 g/mol. The molecule has 0 amide bonds. The molecule has 3 heterocycles. The second kappa shape index (κ2) is 4.73. The largest absolute Gasteiger partial charge is 0.487 e. The van der Waals surface area contributed by atoms with Crippen LogP contribution in [0.15, 0.2) is 36.8 Å². The Labute approximate surface area is 121 Å². The number of fused-ring (bicyclic) bond motifs is 1. The molecule has 0 saturated carbocycles. The number of nitrogens with zero attached hydrogens (tertiary/aromatic N) is 4. The number of aromatic nitrogens is 4. The van der Waals surface area contributed by atoms with Crippen LogP contribution in [0.25, 0.3) is 11.0 Å². The first-order valence-corrected chi connectivity index (χ1v) is 6.92. The molecule has 0 bridgehead atoms. The molecule has 0 spiro atoms. The number of ether oxygens (including phenoxy) is 1. The number of benzene rings is 1. The van der Waals surface area contributed by atoms with Crippen molar-refractivity contribution in [2.24, 2.45) is 0 Å². The van der Waals surface area contributed by atoms with Crippen molar-refractivity contribution in [3.05, 3.63) is 42.4 Å². The van der Waals surface area contributed by atoms with E-state index in [1.807, 2.05) is 12.1 Å². The summed E-state index contributed by atoms with van der Waals surface area (Å²) in [5.41, 5.74) is 2.00. The van der Waals surface area contributed by atoms with E-state index < -0.39 is 0 Å². The topological polar surface area (TPSA) is 66.9 Å². The normalized spacial score (nSPS) is 15.2. The molecular formula is C15H15N5O. The molecule has 4 rings (SSSR count). The molecule has 1 aliphatic heterocycles. The summed E-state index contributed by atoms with van der Waals surface area (Å²) in [6.45, 7) is 3.72. The summed E-state index contributed by atoms with van der Waals surface area (Å²) >= 11 is 0. The van der Waals surface area contributed by atoms with E-state index in [4.69, 9.17) is 4.74 Å². The Morgan fingerprint density at radius 1 is 1.19 bits per heavy atom. The zero-order valence-electron chi connectivity index (χ0n) is 11.7. The SMILES string of the molecule is Cc1ccc(OC2CN(c3ncnc4[nH]ncc34)C2)cc1. The number of anilines is 1. The van der Waals surface area contributed by atoms with Gasteiger partial charge in [0.05, 0.1) is 24.7 Å². The lowest BCUT2D eigenvalue weighted by Crippen LogP contribution is -2.54. The number of hydrogen-bond acceptors (Lipinski definition) is 5. The summed E-state index contributed by atoms with van der Waals surface area (Å²) in [6.07, 6.45) is 3.52. The van der Waals surface area contributed by atoms with Gasteiger partial charge in [0.2, 0.25) is 0 Å². The standard InChI is InChI=1S/C15H15N5O/c1-10-2-4-11(5-3-10)21-12-7-20(8-12)15-13-6-18-19-14(13)16-9-17-15/h2-6,9,12H,7-8H2,1H3,(H,16,17,18,19). The molecule has 1 saturated heterocycles. The first-order valence-electron chi connectivity index (χ1n) is 6.92. The summed E-state index contributed by atoms with van der Waals surface area (Å²) in [6, 6.07) is 8.14. The van der Waals surface area contributed by atoms with Crippen LogP contribution in [-0.2, 0) is 0 Å². The molecule has 2 aromatic heterocycles. The number of hydrogen-bond donors (Lipinski definition) is 1. The monoisotopic (exact) mass is 281 g/mol. The van der Waals surface area contributed by atoms with Crippen molar-refractivity contribution in [2.45, 2.75) is 13.0 Å². The number of H-pyrrole nitrogens is 1. The molecule has 1 aromatic carbocycles. The molecule has 1 fully saturated rings. The van der Waals surface area contributed by atoms with E-state index in [1.165, 1.54) is 5.56 Å². The molecule has 0 unspecified atom stereocenters. The van der Waals surface area contributed by atoms with Crippen LogP contribution in [-0.4, -0.2) is 39.4 Å². The molecule has 0 atom stereocenters. The lowest BCUT2D eigenvalue weighted by molar-refractivity contribution is 0.167. The summed E-state index contributed by atoms with van der Waals surface area (Å²) in [5.74, 6) is 1.83. The van der Waals surface area contributed by atoms with Gasteiger partial charge in [-0.05, 0) is 19.1 Å². The van der Waals surface area contributed by atoms with Gasteiger partial charge in [0.15, 0.2) is 5.65 Å². The predicted octanol–water partition coefficient (Wildman–Crippen LogP) is 1.93. The fraction of sp³-hybridized carbons (Fsp3) is 0.267. The first-order chi connectivity index (χ1) is 10.3. The third kappa shape index (κ3) is 2.18. The molecule has 21 heavy (non-hydrogen) atoms. The summed E-state index contributed by atoms with van der Waals surface area (Å²) in [4.78, 5) is 10.7. The minimum Gasteiger partial charge on any atom is -0.487 e. The maximum atomic E-state index is 5.94. The number of rotatable bonds is 3. The van der Waals surface area contributed by atoms with Crippen LogP contribution in [0.5, 0.6) is 5.75 Å². The minimum absolute atomic E-state index is 0.199. The van der Waals surface area contributed by atoms with E-state index in [1.54, 1.807) is 12.5 Å². The van der Waals surface area contributed by atoms with E-state index in [9.17, 15) is 0 Å². The third-order valence-electron chi connectivity index (χ3n) is 3.70. The average Bonchev–Trinajstić information content (AvgIpc) is 2.93. The summed E-state index contributed by atoms with van der Waals surface area (Å²) in [5, 5.41) is 7.82. The fourth-order valence-corrected chi connectivity index (χ4v) is 2.50. The highest BCUT2D eigenvalue weighted by molar-refractivity contribution is 5.86. The number of aryl methyl sites for hydroxylation is 1. The molecule has 6 heteroatoms. The minimum atomic E-state index is 0.199. The zero-order chi connectivity index (χ0) is 14.2. The van der Waals surface area contributed by atoms with Gasteiger partial charge in [-0.2, -0.15) is 5.10 Å². The Balaban J connectivity index is 1.45. The molecule has 0 radical (unpaired) electrons. The van der Waals surface area contributed by atoms with Crippen LogP contribution in [0.1, 0.15) is 5.56 Å². The van der Waals surface area contributed by atoms with Crippen LogP contribution in [0.4, 0.5) is 5.82 Å². The summed E-state index contributed by atoms with van der Waals surface area (Å²) < 4.78 is 5.94. The first kappa shape index (κ1) is 12.1. The number of aromatic amines is 1. The fourth-order valence-electron chi connectivity index (χ4n) is 2.50. The molecular weight excluding hydrogens is 266 g/mol. The van der Waals surface area contributed by atoms with Gasteiger partial charge in [-0.1, -0.05) is 17.7 Å². The van der Waals surface area contributed by atoms with Crippen LogP contribution >= 0.6 is 0 Å². The van der Waals surface area contributed by atoms with E-state index in [0.29, 0.717) is 0 Å². The maximum Gasteiger partial charge on any atom is 0.160 e. The van der Waals surface area contributed by atoms with E-state index >= 15 is 0 Å². The molecule has 1 N–H and O–H groups in total. The van der Waals surface area contributed by atoms with Crippen LogP contribution in [0, 0.1) is 6.92 Å². The highest BCUT2D eigenvalue weighted by Gasteiger charge is 2.30. The molecule has 3 aromatic rings. The molecule has 6 nitrogen and oxygen atoms in total. The Morgan fingerprint density at radius 3 is 2.81 bits per heavy atom. The highest BCUT2D eigenvalue weighted by Crippen LogP contribution is 2.27. The Morgan fingerprint density at radius 2 is 2.00 bits per heavy atom. The zero-order valence-corrected chi connectivity index (χ0v) is 11.7. The maximum absolute atomic E-state index is 5.94. The van der Waals surface area contributed by atoms with Crippen molar-refractivity contribution < 1.29 is 4.74 Å². The van der Waals surface area contributed by atoms with Crippen molar-refractivity contribution in [3.8, 4) is 5.75 Å². The molecule has 0 aliphatic carbocycles.